The van der Waals surface area contributed by atoms with Crippen molar-refractivity contribution in [2.75, 3.05) is 20.3 Å². The number of phenolic OH excluding ortho intramolecular Hbond substituents is 1. The summed E-state index contributed by atoms with van der Waals surface area (Å²) in [6.07, 6.45) is 3.19. The number of ether oxygens (including phenoxy) is 3. The van der Waals surface area contributed by atoms with Crippen molar-refractivity contribution in [2.45, 2.75) is 62.1 Å². The molecule has 1 aliphatic carbocycles. The van der Waals surface area contributed by atoms with E-state index in [1.165, 1.54) is 25.3 Å². The number of methoxy groups -OCH3 is 1. The number of benzene rings is 2. The van der Waals surface area contributed by atoms with Crippen LogP contribution in [0.4, 0.5) is 0 Å². The van der Waals surface area contributed by atoms with Gasteiger partial charge in [0.25, 0.3) is 0 Å². The fourth-order valence-electron chi connectivity index (χ4n) is 6.57. The summed E-state index contributed by atoms with van der Waals surface area (Å²) in [5, 5.41) is 60.9. The highest BCUT2D eigenvalue weighted by Gasteiger charge is 2.55. The molecule has 3 heterocycles. The number of dihydropyridines is 2. The normalized spacial score (nSPS) is 27.6. The van der Waals surface area contributed by atoms with Crippen LogP contribution in [0, 0.1) is 0 Å². The Bertz CT molecular complexity index is 1780. The van der Waals surface area contributed by atoms with E-state index < -0.39 is 48.4 Å². The molecule has 0 bridgehead atoms. The van der Waals surface area contributed by atoms with E-state index in [2.05, 4.69) is 10.6 Å². The van der Waals surface area contributed by atoms with Crippen LogP contribution >= 0.6 is 0 Å². The van der Waals surface area contributed by atoms with Crippen LogP contribution in [-0.4, -0.2) is 93.7 Å². The molecule has 260 valence electrons. The zero-order valence-electron chi connectivity index (χ0n) is 26.8. The number of aryl methyl sites for hydroxylation is 1. The number of phenols is 1. The second kappa shape index (κ2) is 13.7. The van der Waals surface area contributed by atoms with Crippen LogP contribution in [0.1, 0.15) is 56.7 Å². The highest BCUT2D eigenvalue weighted by molar-refractivity contribution is 6.30. The van der Waals surface area contributed by atoms with E-state index in [1.54, 1.807) is 18.3 Å². The number of aromatic hydroxyl groups is 1. The molecule has 0 aromatic heterocycles. The Labute approximate surface area is 282 Å². The number of carbonyl (C=O) groups excluding carboxylic acids is 2. The number of carbonyl (C=O) groups is 2. The van der Waals surface area contributed by atoms with Gasteiger partial charge in [0.15, 0.2) is 5.78 Å². The SMILES string of the molecule is COc1cc(O[C@@H]2O[C@H](CO)[C@](O)(CCC3=CCNC(N)=C3)[C@H](O)[C@H]2O)c2c(c1)C(=O)c1cc(CCC3=CNC(N)C=C3)cc(O)c1C2=O. The van der Waals surface area contributed by atoms with Gasteiger partial charge < -0.3 is 61.8 Å². The molecule has 6 atom stereocenters. The van der Waals surface area contributed by atoms with Gasteiger partial charge in [0.2, 0.25) is 12.1 Å². The van der Waals surface area contributed by atoms with Gasteiger partial charge in [0.1, 0.15) is 41.2 Å². The molecule has 2 aromatic carbocycles. The van der Waals surface area contributed by atoms with Crippen molar-refractivity contribution in [3.05, 3.63) is 99.6 Å². The molecule has 0 radical (unpaired) electrons. The lowest BCUT2D eigenvalue weighted by Gasteiger charge is -2.48. The minimum Gasteiger partial charge on any atom is -0.507 e. The topological polar surface area (TPSA) is 239 Å². The first-order chi connectivity index (χ1) is 23.4. The van der Waals surface area contributed by atoms with Crippen LogP contribution in [0.25, 0.3) is 0 Å². The largest absolute Gasteiger partial charge is 0.507 e. The molecular formula is C35H40N4O10. The maximum atomic E-state index is 14.0. The Morgan fingerprint density at radius 1 is 1.04 bits per heavy atom. The highest BCUT2D eigenvalue weighted by atomic mass is 16.7. The number of ketones is 2. The molecule has 1 fully saturated rings. The summed E-state index contributed by atoms with van der Waals surface area (Å²) in [5.41, 5.74) is 11.5. The van der Waals surface area contributed by atoms with Crippen LogP contribution < -0.4 is 31.6 Å². The van der Waals surface area contributed by atoms with Gasteiger partial charge in [0, 0.05) is 29.9 Å². The molecule has 1 saturated heterocycles. The summed E-state index contributed by atoms with van der Waals surface area (Å²) >= 11 is 0. The zero-order chi connectivity index (χ0) is 35.0. The summed E-state index contributed by atoms with van der Waals surface area (Å²) in [5.74, 6) is -1.32. The van der Waals surface area contributed by atoms with Crippen molar-refractivity contribution in [2.24, 2.45) is 11.5 Å². The van der Waals surface area contributed by atoms with Gasteiger partial charge in [-0.1, -0.05) is 12.2 Å². The minimum absolute atomic E-state index is 0.00950. The summed E-state index contributed by atoms with van der Waals surface area (Å²) < 4.78 is 17.2. The van der Waals surface area contributed by atoms with Crippen LogP contribution in [-0.2, 0) is 11.2 Å². The third-order valence-electron chi connectivity index (χ3n) is 9.32. The number of allylic oxidation sites excluding steroid dienone is 4. The second-order valence-electron chi connectivity index (χ2n) is 12.5. The van der Waals surface area contributed by atoms with E-state index in [9.17, 15) is 35.1 Å². The van der Waals surface area contributed by atoms with Gasteiger partial charge in [-0.3, -0.25) is 9.59 Å². The second-order valence-corrected chi connectivity index (χ2v) is 12.5. The lowest BCUT2D eigenvalue weighted by molar-refractivity contribution is -0.314. The van der Waals surface area contributed by atoms with Gasteiger partial charge in [-0.25, -0.2) is 0 Å². The molecule has 3 aliphatic heterocycles. The third kappa shape index (κ3) is 6.54. The van der Waals surface area contributed by atoms with Crippen LogP contribution in [0.3, 0.4) is 0 Å². The maximum Gasteiger partial charge on any atom is 0.229 e. The molecule has 11 N–H and O–H groups in total. The summed E-state index contributed by atoms with van der Waals surface area (Å²) in [6.45, 7) is -0.260. The van der Waals surface area contributed by atoms with Crippen LogP contribution in [0.2, 0.25) is 0 Å². The standard InChI is InChI=1S/C35H40N4O10/c1-47-20-13-22-29(31(43)28-21(30(22)42)10-19(11-23(28)41)3-2-18-4-5-26(36)39-15-18)24(14-20)48-34-32(44)33(45)35(46,25(16-40)49-34)8-6-17-7-9-38-27(37)12-17/h4-5,7,10-15,25-26,32-34,38-41,44-46H,2-3,6,8-9,16,36-37H2,1H3/t25-,26?,32-,33-,34-,35-/m1/s1. The maximum absolute atomic E-state index is 14.0. The van der Waals surface area contributed by atoms with Crippen molar-refractivity contribution < 1.29 is 49.3 Å². The van der Waals surface area contributed by atoms with Gasteiger partial charge in [-0.15, -0.1) is 0 Å². The minimum atomic E-state index is -2.09. The fraction of sp³-hybridized carbons (Fsp3) is 0.371. The zero-order valence-corrected chi connectivity index (χ0v) is 26.8. The number of rotatable bonds is 10. The Hall–Kier alpha value is -4.70. The van der Waals surface area contributed by atoms with Gasteiger partial charge in [-0.2, -0.15) is 0 Å². The van der Waals surface area contributed by atoms with Crippen molar-refractivity contribution in [1.29, 1.82) is 0 Å². The van der Waals surface area contributed by atoms with Gasteiger partial charge in [-0.05, 0) is 72.7 Å². The molecule has 6 rings (SSSR count). The first-order valence-corrected chi connectivity index (χ1v) is 15.9. The number of hydrogen-bond donors (Lipinski definition) is 9. The lowest BCUT2D eigenvalue weighted by Crippen LogP contribution is -2.67. The van der Waals surface area contributed by atoms with Gasteiger partial charge in [0.05, 0.1) is 36.8 Å². The molecule has 0 spiro atoms. The monoisotopic (exact) mass is 676 g/mol. The molecule has 0 saturated carbocycles. The lowest BCUT2D eigenvalue weighted by atomic mass is 9.79. The molecule has 4 aliphatic rings. The van der Waals surface area contributed by atoms with Crippen molar-refractivity contribution in [3.8, 4) is 17.2 Å². The summed E-state index contributed by atoms with van der Waals surface area (Å²) in [4.78, 5) is 27.9. The van der Waals surface area contributed by atoms with Crippen molar-refractivity contribution >= 4 is 11.6 Å². The fourth-order valence-corrected chi connectivity index (χ4v) is 6.57. The number of aliphatic hydroxyl groups is 4. The Morgan fingerprint density at radius 2 is 1.82 bits per heavy atom. The Balaban J connectivity index is 1.26. The number of nitrogens with two attached hydrogens (primary N) is 2. The Kier molecular flexibility index (Phi) is 9.53. The van der Waals surface area contributed by atoms with Crippen molar-refractivity contribution in [3.63, 3.8) is 0 Å². The highest BCUT2D eigenvalue weighted by Crippen LogP contribution is 2.42. The van der Waals surface area contributed by atoms with E-state index in [4.69, 9.17) is 25.7 Å². The molecule has 14 heteroatoms. The van der Waals surface area contributed by atoms with Crippen LogP contribution in [0.5, 0.6) is 17.2 Å². The molecule has 0 amide bonds. The smallest absolute Gasteiger partial charge is 0.229 e. The quantitative estimate of drug-likeness (QED) is 0.138. The summed E-state index contributed by atoms with van der Waals surface area (Å²) in [6, 6.07) is 5.70. The van der Waals surface area contributed by atoms with Crippen molar-refractivity contribution in [1.82, 2.24) is 10.6 Å². The predicted molar refractivity (Wildman–Crippen MR) is 176 cm³/mol. The van der Waals surface area contributed by atoms with E-state index in [-0.39, 0.29) is 58.5 Å². The Morgan fingerprint density at radius 3 is 2.51 bits per heavy atom. The van der Waals surface area contributed by atoms with Gasteiger partial charge >= 0.3 is 0 Å². The molecule has 14 nitrogen and oxygen atoms in total. The molecular weight excluding hydrogens is 636 g/mol. The van der Waals surface area contributed by atoms with E-state index in [1.807, 2.05) is 18.2 Å². The predicted octanol–water partition coefficient (Wildman–Crippen LogP) is 0.0957. The molecule has 2 aromatic rings. The molecule has 49 heavy (non-hydrogen) atoms. The number of nitrogens with one attached hydrogen (secondary N) is 2. The number of fused-ring (bicyclic) bond motifs is 2. The van der Waals surface area contributed by atoms with E-state index >= 15 is 0 Å². The van der Waals surface area contributed by atoms with E-state index in [0.717, 1.165) is 11.1 Å². The molecule has 1 unspecified atom stereocenters. The first kappa shape index (κ1) is 34.2. The van der Waals surface area contributed by atoms with Crippen LogP contribution in [0.15, 0.2) is 71.7 Å². The average molecular weight is 677 g/mol. The number of hydrogen-bond acceptors (Lipinski definition) is 14. The van der Waals surface area contributed by atoms with E-state index in [0.29, 0.717) is 30.8 Å². The average Bonchev–Trinajstić information content (AvgIpc) is 3.09. The number of aliphatic hydroxyl groups excluding tert-OH is 3. The third-order valence-corrected chi connectivity index (χ3v) is 9.32. The first-order valence-electron chi connectivity index (χ1n) is 15.9. The summed E-state index contributed by atoms with van der Waals surface area (Å²) in [7, 11) is 1.35.